The van der Waals surface area contributed by atoms with Crippen LogP contribution in [0.3, 0.4) is 0 Å². The molecule has 9 nitrogen and oxygen atoms in total. The van der Waals surface area contributed by atoms with Crippen LogP contribution in [-0.2, 0) is 14.3 Å². The number of rotatable bonds is 10. The molecule has 0 radical (unpaired) electrons. The first-order valence-electron chi connectivity index (χ1n) is 12.1. The van der Waals surface area contributed by atoms with Gasteiger partial charge in [0.2, 0.25) is 5.78 Å². The number of aliphatic imine (C=N–C) groups is 1. The second kappa shape index (κ2) is 13.4. The predicted molar refractivity (Wildman–Crippen MR) is 147 cm³/mol. The largest absolute Gasteiger partial charge is 0.450 e. The molecule has 3 atom stereocenters. The molecule has 3 heterocycles. The molecule has 1 N–H and O–H groups in total. The van der Waals surface area contributed by atoms with Crippen molar-refractivity contribution in [3.05, 3.63) is 18.1 Å². The number of Topliss-reactive ketones (excluding diaryl/α,β-unsaturated/α-hetero) is 1. The fraction of sp³-hybridized carbons (Fsp3) is 0.600. The van der Waals surface area contributed by atoms with Gasteiger partial charge in [0.25, 0.3) is 0 Å². The number of hydrogen-bond donors (Lipinski definition) is 1. The number of carbonyl (C=O) groups is 1. The molecule has 14 heteroatoms. The average molecular weight is 588 g/mol. The highest BCUT2D eigenvalue weighted by atomic mass is 33.1. The maximum Gasteiger partial charge on any atom is 0.450 e. The van der Waals surface area contributed by atoms with Crippen LogP contribution in [0.15, 0.2) is 17.5 Å². The number of carbonyl (C=O) groups excluding carboxylic acids is 1. The Morgan fingerprint density at radius 3 is 2.74 bits per heavy atom. The van der Waals surface area contributed by atoms with Crippen LogP contribution in [0.4, 0.5) is 19.0 Å². The molecule has 0 saturated carbocycles. The van der Waals surface area contributed by atoms with E-state index in [1.54, 1.807) is 57.7 Å². The number of fused-ring (bicyclic) bond motifs is 1. The van der Waals surface area contributed by atoms with Crippen molar-refractivity contribution in [3.8, 4) is 11.8 Å². The van der Waals surface area contributed by atoms with Gasteiger partial charge in [0.15, 0.2) is 5.82 Å². The van der Waals surface area contributed by atoms with Crippen molar-refractivity contribution in [3.63, 3.8) is 0 Å². The Kier molecular flexibility index (Phi) is 10.7. The van der Waals surface area contributed by atoms with Crippen molar-refractivity contribution in [2.24, 2.45) is 4.99 Å². The van der Waals surface area contributed by atoms with E-state index < -0.39 is 30.7 Å². The predicted octanol–water partition coefficient (Wildman–Crippen LogP) is 4.72. The van der Waals surface area contributed by atoms with Crippen LogP contribution >= 0.6 is 21.6 Å². The summed E-state index contributed by atoms with van der Waals surface area (Å²) in [5.41, 5.74) is 0.896. The number of aromatic nitrogens is 3. The molecule has 0 aliphatic carbocycles. The van der Waals surface area contributed by atoms with E-state index in [9.17, 15) is 23.1 Å². The minimum Gasteiger partial charge on any atom is -0.394 e. The Morgan fingerprint density at radius 1 is 1.36 bits per heavy atom. The highest BCUT2D eigenvalue weighted by Gasteiger charge is 2.38. The quantitative estimate of drug-likeness (QED) is 0.106. The average Bonchev–Trinajstić information content (AvgIpc) is 3.43. The van der Waals surface area contributed by atoms with Gasteiger partial charge in [-0.25, -0.2) is 15.0 Å². The lowest BCUT2D eigenvalue weighted by Gasteiger charge is -2.19. The molecule has 214 valence electrons. The zero-order valence-corrected chi connectivity index (χ0v) is 24.0. The molecule has 1 aliphatic heterocycles. The Labute approximate surface area is 233 Å². The Hall–Kier alpha value is -2.31. The topological polar surface area (TPSA) is 102 Å². The second-order valence-electron chi connectivity index (χ2n) is 9.96. The van der Waals surface area contributed by atoms with Crippen molar-refractivity contribution in [1.29, 1.82) is 0 Å². The monoisotopic (exact) mass is 587 g/mol. The highest BCUT2D eigenvalue weighted by Crippen LogP contribution is 2.39. The van der Waals surface area contributed by atoms with Gasteiger partial charge in [-0.1, -0.05) is 54.2 Å². The Morgan fingerprint density at radius 2 is 2.10 bits per heavy atom. The summed E-state index contributed by atoms with van der Waals surface area (Å²) in [7, 11) is 6.88. The van der Waals surface area contributed by atoms with Crippen LogP contribution in [0.25, 0.3) is 11.0 Å². The van der Waals surface area contributed by atoms with E-state index in [4.69, 9.17) is 9.47 Å². The molecule has 1 fully saturated rings. The van der Waals surface area contributed by atoms with Crippen LogP contribution in [0.1, 0.15) is 51.8 Å². The van der Waals surface area contributed by atoms with Gasteiger partial charge in [0.05, 0.1) is 30.0 Å². The van der Waals surface area contributed by atoms with Crippen LogP contribution in [0.2, 0.25) is 0 Å². The van der Waals surface area contributed by atoms with Gasteiger partial charge in [0.1, 0.15) is 30.2 Å². The van der Waals surface area contributed by atoms with E-state index in [0.29, 0.717) is 34.8 Å². The number of nitrogens with zero attached hydrogens (tertiary/aromatic N) is 5. The molecular formula is C25H32F3N5O4S2. The molecule has 0 amide bonds. The van der Waals surface area contributed by atoms with Crippen molar-refractivity contribution in [2.75, 3.05) is 26.6 Å². The van der Waals surface area contributed by atoms with Crippen molar-refractivity contribution in [2.45, 2.75) is 69.4 Å². The van der Waals surface area contributed by atoms with Crippen molar-refractivity contribution >= 4 is 50.6 Å². The zero-order chi connectivity index (χ0) is 28.8. The maximum atomic E-state index is 12.5. The molecule has 0 bridgehead atoms. The molecule has 2 aromatic rings. The van der Waals surface area contributed by atoms with Crippen LogP contribution in [-0.4, -0.2) is 86.4 Å². The Bertz CT molecular complexity index is 1230. The summed E-state index contributed by atoms with van der Waals surface area (Å²) in [6, 6.07) is 0. The summed E-state index contributed by atoms with van der Waals surface area (Å²) < 4.78 is 51.6. The summed E-state index contributed by atoms with van der Waals surface area (Å²) in [6.07, 6.45) is -2.31. The fourth-order valence-electron chi connectivity index (χ4n) is 3.65. The zero-order valence-electron chi connectivity index (χ0n) is 22.4. The summed E-state index contributed by atoms with van der Waals surface area (Å²) in [5.74, 6) is 4.44. The molecule has 1 aliphatic rings. The summed E-state index contributed by atoms with van der Waals surface area (Å²) in [4.78, 5) is 26.0. The summed E-state index contributed by atoms with van der Waals surface area (Å²) >= 11 is 0. The summed E-state index contributed by atoms with van der Waals surface area (Å²) in [6.45, 7) is 6.10. The summed E-state index contributed by atoms with van der Waals surface area (Å²) in [5, 5.41) is 10.4. The van der Waals surface area contributed by atoms with Gasteiger partial charge >= 0.3 is 6.18 Å². The molecule has 0 spiro atoms. The first kappa shape index (κ1) is 31.2. The lowest BCUT2D eigenvalue weighted by molar-refractivity contribution is -0.170. The number of alkyl halides is 3. The standard InChI is InChI=1S/C25H32F3N5O4S2/c1-24(2,3)39-38-15-36-17-10-20(37-18(17)12-34)33-11-16(8-6-7-9-19(35)25(26,27)28)21-22(31-14-32(4)5)29-13-30-23(21)33/h11,13-14,17-18,20,34H,7,9-10,12,15H2,1-5H3/t17-,18-,20-/m1/s1. The first-order chi connectivity index (χ1) is 18.3. The smallest absolute Gasteiger partial charge is 0.394 e. The molecule has 3 rings (SSSR count). The van der Waals surface area contributed by atoms with Gasteiger partial charge in [0, 0.05) is 44.3 Å². The minimum atomic E-state index is -4.88. The number of aliphatic hydroxyl groups is 1. The van der Waals surface area contributed by atoms with Gasteiger partial charge in [-0.05, 0) is 0 Å². The maximum absolute atomic E-state index is 12.5. The van der Waals surface area contributed by atoms with Crippen LogP contribution < -0.4 is 0 Å². The number of aliphatic hydroxyl groups excluding tert-OH is 1. The fourth-order valence-corrected chi connectivity index (χ4v) is 5.66. The van der Waals surface area contributed by atoms with Gasteiger partial charge in [-0.15, -0.1) is 0 Å². The molecule has 2 aromatic heterocycles. The lowest BCUT2D eigenvalue weighted by Crippen LogP contribution is -2.27. The molecule has 39 heavy (non-hydrogen) atoms. The third kappa shape index (κ3) is 8.84. The van der Waals surface area contributed by atoms with E-state index in [-0.39, 0.29) is 23.9 Å². The van der Waals surface area contributed by atoms with Gasteiger partial charge < -0.3 is 24.0 Å². The minimum absolute atomic E-state index is 0.0765. The molecular weight excluding hydrogens is 555 g/mol. The first-order valence-corrected chi connectivity index (χ1v) is 14.5. The van der Waals surface area contributed by atoms with E-state index in [2.05, 4.69) is 47.6 Å². The molecule has 0 unspecified atom stereocenters. The van der Waals surface area contributed by atoms with Gasteiger partial charge in [-0.2, -0.15) is 13.2 Å². The third-order valence-electron chi connectivity index (χ3n) is 5.33. The lowest BCUT2D eigenvalue weighted by atomic mass is 10.2. The second-order valence-corrected chi connectivity index (χ2v) is 13.0. The third-order valence-corrected chi connectivity index (χ3v) is 8.32. The number of halogens is 3. The van der Waals surface area contributed by atoms with Crippen molar-refractivity contribution in [1.82, 2.24) is 19.4 Å². The number of ether oxygens (including phenoxy) is 2. The molecule has 0 aromatic carbocycles. The van der Waals surface area contributed by atoms with Crippen LogP contribution in [0, 0.1) is 11.8 Å². The van der Waals surface area contributed by atoms with E-state index >= 15 is 0 Å². The van der Waals surface area contributed by atoms with E-state index in [1.807, 2.05) is 0 Å². The SMILES string of the molecule is CN(C)C=Nc1ncnc2c1c(C#CCCC(=O)C(F)(F)F)cn2[C@H]1C[C@@H](OCSSC(C)(C)C)[C@@H](CO)O1. The normalized spacial score (nSPS) is 20.0. The number of ketones is 1. The van der Waals surface area contributed by atoms with Crippen LogP contribution in [0.5, 0.6) is 0 Å². The Balaban J connectivity index is 1.89. The van der Waals surface area contributed by atoms with Crippen molar-refractivity contribution < 1.29 is 32.5 Å². The number of hydrogen-bond acceptors (Lipinski definition) is 9. The molecule has 1 saturated heterocycles. The van der Waals surface area contributed by atoms with Gasteiger partial charge in [-0.3, -0.25) is 4.79 Å². The highest BCUT2D eigenvalue weighted by molar-refractivity contribution is 8.77. The van der Waals surface area contributed by atoms with E-state index in [1.165, 1.54) is 6.33 Å². The van der Waals surface area contributed by atoms with E-state index in [0.717, 1.165) is 0 Å².